The molecule has 0 aliphatic heterocycles. The Morgan fingerprint density at radius 2 is 0.943 bits per heavy atom. The Morgan fingerprint density at radius 3 is 1.43 bits per heavy atom. The molecular weight excluding hydrogens is 653 g/mol. The summed E-state index contributed by atoms with van der Waals surface area (Å²) in [5.41, 5.74) is 3.89. The summed E-state index contributed by atoms with van der Waals surface area (Å²) in [5.74, 6) is 0.962. The zero-order valence-electron chi connectivity index (χ0n) is 34.2. The number of carbonyl (C=O) groups excluding carboxylic acids is 1. The summed E-state index contributed by atoms with van der Waals surface area (Å²) >= 11 is 0. The molecule has 0 saturated carbocycles. The van der Waals surface area contributed by atoms with E-state index in [9.17, 15) is 4.79 Å². The summed E-state index contributed by atoms with van der Waals surface area (Å²) in [7, 11) is 0. The molecule has 3 aromatic carbocycles. The molecule has 0 amide bonds. The van der Waals surface area contributed by atoms with Crippen LogP contribution in [0.2, 0.25) is 0 Å². The van der Waals surface area contributed by atoms with Gasteiger partial charge in [0.1, 0.15) is 11.5 Å². The summed E-state index contributed by atoms with van der Waals surface area (Å²) in [6, 6.07) is 23.6. The van der Waals surface area contributed by atoms with Gasteiger partial charge in [0.25, 0.3) is 0 Å². The summed E-state index contributed by atoms with van der Waals surface area (Å²) in [4.78, 5) is 12.9. The minimum Gasteiger partial charge on any atom is -0.490 e. The molecule has 3 aromatic rings. The van der Waals surface area contributed by atoms with Gasteiger partial charge in [-0.1, -0.05) is 186 Å². The maximum atomic E-state index is 12.9. The Morgan fingerprint density at radius 1 is 0.491 bits per heavy atom. The van der Waals surface area contributed by atoms with Crippen molar-refractivity contribution < 1.29 is 19.0 Å². The first-order chi connectivity index (χ1) is 26.0. The van der Waals surface area contributed by atoms with Crippen LogP contribution in [0.25, 0.3) is 11.1 Å². The van der Waals surface area contributed by atoms with Gasteiger partial charge in [0, 0.05) is 6.61 Å². The topological polar surface area (TPSA) is 44.8 Å². The van der Waals surface area contributed by atoms with E-state index in [1.54, 1.807) is 12.1 Å². The van der Waals surface area contributed by atoms with Crippen molar-refractivity contribution in [2.45, 2.75) is 188 Å². The van der Waals surface area contributed by atoms with Crippen molar-refractivity contribution in [1.29, 1.82) is 0 Å². The molecule has 0 aliphatic carbocycles. The van der Waals surface area contributed by atoms with Crippen LogP contribution in [-0.2, 0) is 4.74 Å². The van der Waals surface area contributed by atoms with Gasteiger partial charge in [-0.05, 0) is 79.3 Å². The molecule has 0 heterocycles. The van der Waals surface area contributed by atoms with E-state index in [1.165, 1.54) is 121 Å². The van der Waals surface area contributed by atoms with Crippen LogP contribution in [0, 0.1) is 0 Å². The van der Waals surface area contributed by atoms with Crippen LogP contribution in [0.15, 0.2) is 72.8 Å². The van der Waals surface area contributed by atoms with Gasteiger partial charge in [0.05, 0.1) is 17.8 Å². The first-order valence-corrected chi connectivity index (χ1v) is 21.8. The lowest BCUT2D eigenvalue weighted by atomic mass is 10.0. The third-order valence-electron chi connectivity index (χ3n) is 10.5. The molecule has 0 spiro atoms. The maximum Gasteiger partial charge on any atom is 0.343 e. The molecule has 53 heavy (non-hydrogen) atoms. The summed E-state index contributed by atoms with van der Waals surface area (Å²) in [6.45, 7) is 9.64. The van der Waals surface area contributed by atoms with E-state index in [4.69, 9.17) is 14.2 Å². The number of rotatable bonds is 31. The molecule has 3 rings (SSSR count). The SMILES string of the molecule is CCCCCCCCCCCCCCCCCCCCOC(C)c1ccc(-c2ccc(C(=O)Oc3ccc(OC(CCC)CCCC)cc3)cc2)cc1. The third-order valence-corrected chi connectivity index (χ3v) is 10.5. The van der Waals surface area contributed by atoms with E-state index >= 15 is 0 Å². The van der Waals surface area contributed by atoms with Crippen molar-refractivity contribution in [3.8, 4) is 22.6 Å². The number of esters is 1. The number of ether oxygens (including phenoxy) is 3. The largest absolute Gasteiger partial charge is 0.490 e. The third kappa shape index (κ3) is 19.2. The van der Waals surface area contributed by atoms with Crippen LogP contribution in [0.5, 0.6) is 11.5 Å². The number of benzene rings is 3. The predicted octanol–water partition coefficient (Wildman–Crippen LogP) is 15.4. The van der Waals surface area contributed by atoms with Gasteiger partial charge in [-0.15, -0.1) is 0 Å². The van der Waals surface area contributed by atoms with E-state index in [0.29, 0.717) is 11.3 Å². The normalized spacial score (nSPS) is 12.5. The molecule has 2 unspecified atom stereocenters. The number of unbranched alkanes of at least 4 members (excludes halogenated alkanes) is 18. The lowest BCUT2D eigenvalue weighted by Crippen LogP contribution is -2.16. The number of hydrogen-bond acceptors (Lipinski definition) is 4. The molecule has 0 saturated heterocycles. The smallest absolute Gasteiger partial charge is 0.343 e. The zero-order chi connectivity index (χ0) is 37.8. The molecule has 0 aromatic heterocycles. The first-order valence-electron chi connectivity index (χ1n) is 21.8. The molecule has 0 N–H and O–H groups in total. The van der Waals surface area contributed by atoms with Crippen LogP contribution in [0.3, 0.4) is 0 Å². The second-order valence-electron chi connectivity index (χ2n) is 15.3. The minimum absolute atomic E-state index is 0.0754. The van der Waals surface area contributed by atoms with Crippen molar-refractivity contribution in [3.63, 3.8) is 0 Å². The number of carbonyl (C=O) groups is 1. The molecule has 294 valence electrons. The summed E-state index contributed by atoms with van der Waals surface area (Å²) < 4.78 is 18.0. The maximum absolute atomic E-state index is 12.9. The quantitative estimate of drug-likeness (QED) is 0.0376. The fourth-order valence-corrected chi connectivity index (χ4v) is 7.07. The molecule has 0 bridgehead atoms. The second kappa shape index (κ2) is 28.3. The zero-order valence-corrected chi connectivity index (χ0v) is 34.2. The van der Waals surface area contributed by atoms with E-state index in [2.05, 4.69) is 52.0 Å². The Hall–Kier alpha value is -3.11. The van der Waals surface area contributed by atoms with Crippen molar-refractivity contribution >= 4 is 5.97 Å². The van der Waals surface area contributed by atoms with Gasteiger partial charge in [0.15, 0.2) is 0 Å². The highest BCUT2D eigenvalue weighted by Gasteiger charge is 2.12. The van der Waals surface area contributed by atoms with E-state index in [-0.39, 0.29) is 18.2 Å². The highest BCUT2D eigenvalue weighted by Crippen LogP contribution is 2.26. The van der Waals surface area contributed by atoms with Crippen LogP contribution in [0.4, 0.5) is 0 Å². The molecule has 4 nitrogen and oxygen atoms in total. The highest BCUT2D eigenvalue weighted by molar-refractivity contribution is 5.91. The van der Waals surface area contributed by atoms with Crippen LogP contribution in [0.1, 0.15) is 197 Å². The highest BCUT2D eigenvalue weighted by atomic mass is 16.5. The van der Waals surface area contributed by atoms with Crippen molar-refractivity contribution in [2.24, 2.45) is 0 Å². The van der Waals surface area contributed by atoms with Crippen molar-refractivity contribution in [1.82, 2.24) is 0 Å². The Labute approximate surface area is 324 Å². The van der Waals surface area contributed by atoms with Gasteiger partial charge in [0.2, 0.25) is 0 Å². The van der Waals surface area contributed by atoms with Crippen LogP contribution in [-0.4, -0.2) is 18.7 Å². The van der Waals surface area contributed by atoms with Gasteiger partial charge in [-0.3, -0.25) is 0 Å². The molecule has 0 aliphatic rings. The predicted molar refractivity (Wildman–Crippen MR) is 225 cm³/mol. The standard InChI is InChI=1S/C49H74O4/c1-5-8-10-11-12-13-14-15-16-17-18-19-20-21-22-23-24-25-40-51-41(4)42-28-30-43(31-29-42)44-32-34-45(35-33-44)49(50)53-48-38-36-47(37-39-48)52-46(26-7-3)27-9-6-2/h28-39,41,46H,5-27,40H2,1-4H3. The molecule has 0 fully saturated rings. The Bertz CT molecular complexity index is 1310. The Kier molecular flexibility index (Phi) is 23.7. The van der Waals surface area contributed by atoms with Gasteiger partial charge in [-0.25, -0.2) is 4.79 Å². The lowest BCUT2D eigenvalue weighted by Gasteiger charge is -2.18. The van der Waals surface area contributed by atoms with E-state index < -0.39 is 0 Å². The number of hydrogen-bond donors (Lipinski definition) is 0. The fourth-order valence-electron chi connectivity index (χ4n) is 7.07. The average molecular weight is 727 g/mol. The molecular formula is C49H74O4. The average Bonchev–Trinajstić information content (AvgIpc) is 3.18. The van der Waals surface area contributed by atoms with Gasteiger partial charge >= 0.3 is 5.97 Å². The summed E-state index contributed by atoms with van der Waals surface area (Å²) in [5, 5.41) is 0. The van der Waals surface area contributed by atoms with Gasteiger partial charge in [-0.2, -0.15) is 0 Å². The van der Waals surface area contributed by atoms with Crippen LogP contribution >= 0.6 is 0 Å². The fraction of sp³-hybridized carbons (Fsp3) is 0.612. The van der Waals surface area contributed by atoms with Gasteiger partial charge < -0.3 is 14.2 Å². The monoisotopic (exact) mass is 727 g/mol. The molecule has 4 heteroatoms. The summed E-state index contributed by atoms with van der Waals surface area (Å²) in [6.07, 6.45) is 30.9. The van der Waals surface area contributed by atoms with Crippen molar-refractivity contribution in [2.75, 3.05) is 6.61 Å². The van der Waals surface area contributed by atoms with E-state index in [1.807, 2.05) is 36.4 Å². The molecule has 2 atom stereocenters. The molecule has 0 radical (unpaired) electrons. The van der Waals surface area contributed by atoms with Crippen LogP contribution < -0.4 is 9.47 Å². The Balaban J connectivity index is 1.24. The van der Waals surface area contributed by atoms with Crippen molar-refractivity contribution in [3.05, 3.63) is 83.9 Å². The van der Waals surface area contributed by atoms with E-state index in [0.717, 1.165) is 55.6 Å². The lowest BCUT2D eigenvalue weighted by molar-refractivity contribution is 0.0627. The second-order valence-corrected chi connectivity index (χ2v) is 15.3. The first kappa shape index (κ1) is 44.3. The minimum atomic E-state index is -0.367.